The standard InChI is InChI=1S/C17H14F3N5O/c1-3-13-16(23-9(2)26)24-14-5-4-10(8-25(13)14)11-6-12(17(18,19)20)15(21)22-7-11/h3-8H,1H2,2H3,(H2,21,22)(H,23,26). The Morgan fingerprint density at radius 3 is 2.69 bits per heavy atom. The smallest absolute Gasteiger partial charge is 0.383 e. The third-order valence-electron chi connectivity index (χ3n) is 3.70. The van der Waals surface area contributed by atoms with Crippen LogP contribution in [0.5, 0.6) is 0 Å². The Bertz CT molecular complexity index is 1020. The first kappa shape index (κ1) is 17.5. The number of hydrogen-bond acceptors (Lipinski definition) is 4. The first-order valence-electron chi connectivity index (χ1n) is 7.46. The molecule has 0 atom stereocenters. The predicted molar refractivity (Wildman–Crippen MR) is 92.2 cm³/mol. The van der Waals surface area contributed by atoms with E-state index in [1.165, 1.54) is 19.2 Å². The predicted octanol–water partition coefficient (Wildman–Crippen LogP) is 3.60. The van der Waals surface area contributed by atoms with E-state index in [0.29, 0.717) is 22.7 Å². The van der Waals surface area contributed by atoms with E-state index in [-0.39, 0.29) is 11.5 Å². The molecule has 0 bridgehead atoms. The average Bonchev–Trinajstić information content (AvgIpc) is 2.89. The zero-order chi connectivity index (χ0) is 19.1. The second-order valence-corrected chi connectivity index (χ2v) is 5.53. The molecule has 0 saturated carbocycles. The maximum Gasteiger partial charge on any atom is 0.419 e. The number of imidazole rings is 1. The Labute approximate surface area is 146 Å². The van der Waals surface area contributed by atoms with Gasteiger partial charge in [0, 0.05) is 30.4 Å². The molecule has 3 aromatic rings. The van der Waals surface area contributed by atoms with Gasteiger partial charge in [-0.05, 0) is 24.3 Å². The van der Waals surface area contributed by atoms with Crippen LogP contribution >= 0.6 is 0 Å². The van der Waals surface area contributed by atoms with E-state index < -0.39 is 17.6 Å². The van der Waals surface area contributed by atoms with Gasteiger partial charge in [-0.1, -0.05) is 6.58 Å². The van der Waals surface area contributed by atoms with Crippen LogP contribution in [0.3, 0.4) is 0 Å². The number of pyridine rings is 2. The number of fused-ring (bicyclic) bond motifs is 1. The molecule has 9 heteroatoms. The first-order chi connectivity index (χ1) is 12.2. The number of halogens is 3. The summed E-state index contributed by atoms with van der Waals surface area (Å²) in [5.74, 6) is -0.560. The molecule has 0 radical (unpaired) electrons. The molecule has 134 valence electrons. The van der Waals surface area contributed by atoms with Crippen molar-refractivity contribution < 1.29 is 18.0 Å². The summed E-state index contributed by atoms with van der Waals surface area (Å²) >= 11 is 0. The van der Waals surface area contributed by atoms with Crippen molar-refractivity contribution in [2.45, 2.75) is 13.1 Å². The molecule has 1 amide bonds. The molecule has 0 spiro atoms. The number of amides is 1. The summed E-state index contributed by atoms with van der Waals surface area (Å²) in [6.45, 7) is 5.04. The number of carbonyl (C=O) groups excluding carboxylic acids is 1. The van der Waals surface area contributed by atoms with Gasteiger partial charge in [0.2, 0.25) is 5.91 Å². The lowest BCUT2D eigenvalue weighted by Gasteiger charge is -2.11. The van der Waals surface area contributed by atoms with Crippen LogP contribution in [-0.4, -0.2) is 20.3 Å². The number of nitrogen functional groups attached to an aromatic ring is 1. The fourth-order valence-electron chi connectivity index (χ4n) is 2.55. The normalized spacial score (nSPS) is 11.5. The molecule has 3 rings (SSSR count). The highest BCUT2D eigenvalue weighted by molar-refractivity contribution is 5.90. The van der Waals surface area contributed by atoms with E-state index in [9.17, 15) is 18.0 Å². The van der Waals surface area contributed by atoms with Gasteiger partial charge in [0.15, 0.2) is 5.82 Å². The van der Waals surface area contributed by atoms with Crippen LogP contribution in [0.4, 0.5) is 24.8 Å². The van der Waals surface area contributed by atoms with Gasteiger partial charge in [-0.25, -0.2) is 9.97 Å². The fourth-order valence-corrected chi connectivity index (χ4v) is 2.55. The van der Waals surface area contributed by atoms with E-state index in [2.05, 4.69) is 21.9 Å². The molecule has 0 unspecified atom stereocenters. The first-order valence-corrected chi connectivity index (χ1v) is 7.46. The van der Waals surface area contributed by atoms with Crippen molar-refractivity contribution in [3.05, 3.63) is 48.4 Å². The molecular weight excluding hydrogens is 347 g/mol. The summed E-state index contributed by atoms with van der Waals surface area (Å²) in [5, 5.41) is 2.59. The lowest BCUT2D eigenvalue weighted by Crippen LogP contribution is -2.10. The van der Waals surface area contributed by atoms with Gasteiger partial charge in [0.25, 0.3) is 0 Å². The van der Waals surface area contributed by atoms with Crippen LogP contribution in [0.15, 0.2) is 37.2 Å². The summed E-state index contributed by atoms with van der Waals surface area (Å²) in [4.78, 5) is 19.2. The Balaban J connectivity index is 2.15. The van der Waals surface area contributed by atoms with Crippen molar-refractivity contribution in [3.63, 3.8) is 0 Å². The highest BCUT2D eigenvalue weighted by Gasteiger charge is 2.34. The molecular formula is C17H14F3N5O. The van der Waals surface area contributed by atoms with E-state index in [1.54, 1.807) is 22.7 Å². The molecule has 0 aromatic carbocycles. The molecule has 0 aliphatic heterocycles. The fraction of sp³-hybridized carbons (Fsp3) is 0.118. The molecule has 6 nitrogen and oxygen atoms in total. The van der Waals surface area contributed by atoms with Crippen LogP contribution in [0.2, 0.25) is 0 Å². The van der Waals surface area contributed by atoms with Crippen LogP contribution in [0.1, 0.15) is 18.2 Å². The zero-order valence-electron chi connectivity index (χ0n) is 13.6. The molecule has 3 N–H and O–H groups in total. The summed E-state index contributed by atoms with van der Waals surface area (Å²) in [6, 6.07) is 4.18. The third-order valence-corrected chi connectivity index (χ3v) is 3.70. The van der Waals surface area contributed by atoms with Gasteiger partial charge in [-0.15, -0.1) is 0 Å². The Morgan fingerprint density at radius 1 is 1.35 bits per heavy atom. The third kappa shape index (κ3) is 3.10. The summed E-state index contributed by atoms with van der Waals surface area (Å²) < 4.78 is 40.8. The SMILES string of the molecule is C=Cc1c(NC(C)=O)nc2ccc(-c3cnc(N)c(C(F)(F)F)c3)cn12. The maximum atomic E-state index is 13.1. The molecule has 0 aliphatic rings. The van der Waals surface area contributed by atoms with E-state index >= 15 is 0 Å². The number of nitrogens with zero attached hydrogens (tertiary/aromatic N) is 3. The largest absolute Gasteiger partial charge is 0.419 e. The monoisotopic (exact) mass is 361 g/mol. The van der Waals surface area contributed by atoms with Crippen LogP contribution < -0.4 is 11.1 Å². The van der Waals surface area contributed by atoms with Crippen molar-refractivity contribution in [1.82, 2.24) is 14.4 Å². The molecule has 0 aliphatic carbocycles. The van der Waals surface area contributed by atoms with Crippen molar-refractivity contribution in [2.75, 3.05) is 11.1 Å². The summed E-state index contributed by atoms with van der Waals surface area (Å²) in [7, 11) is 0. The summed E-state index contributed by atoms with van der Waals surface area (Å²) in [6.07, 6.45) is -0.239. The second kappa shape index (κ2) is 6.17. The van der Waals surface area contributed by atoms with Gasteiger partial charge in [0.05, 0.1) is 11.3 Å². The molecule has 0 saturated heterocycles. The van der Waals surface area contributed by atoms with Gasteiger partial charge in [0.1, 0.15) is 11.5 Å². The van der Waals surface area contributed by atoms with Crippen molar-refractivity contribution >= 4 is 29.3 Å². The topological polar surface area (TPSA) is 85.3 Å². The van der Waals surface area contributed by atoms with E-state index in [1.807, 2.05) is 0 Å². The average molecular weight is 361 g/mol. The molecule has 0 fully saturated rings. The quantitative estimate of drug-likeness (QED) is 0.746. The van der Waals surface area contributed by atoms with Crippen molar-refractivity contribution in [1.29, 1.82) is 0 Å². The molecule has 3 heterocycles. The lowest BCUT2D eigenvalue weighted by atomic mass is 10.1. The number of carbonyl (C=O) groups is 1. The highest BCUT2D eigenvalue weighted by Crippen LogP contribution is 2.35. The lowest BCUT2D eigenvalue weighted by molar-refractivity contribution is -0.137. The minimum absolute atomic E-state index is 0.248. The Kier molecular flexibility index (Phi) is 4.15. The minimum Gasteiger partial charge on any atom is -0.383 e. The van der Waals surface area contributed by atoms with Gasteiger partial charge in [-0.3, -0.25) is 9.20 Å². The van der Waals surface area contributed by atoms with Crippen molar-refractivity contribution in [3.8, 4) is 11.1 Å². The zero-order valence-corrected chi connectivity index (χ0v) is 13.6. The number of rotatable bonds is 3. The highest BCUT2D eigenvalue weighted by atomic mass is 19.4. The summed E-state index contributed by atoms with van der Waals surface area (Å²) in [5.41, 5.74) is 6.09. The number of nitrogens with one attached hydrogen (secondary N) is 1. The number of alkyl halides is 3. The number of aromatic nitrogens is 3. The van der Waals surface area contributed by atoms with Gasteiger partial charge in [-0.2, -0.15) is 13.2 Å². The molecule has 3 aromatic heterocycles. The van der Waals surface area contributed by atoms with Crippen LogP contribution in [0, 0.1) is 0 Å². The van der Waals surface area contributed by atoms with E-state index in [4.69, 9.17) is 5.73 Å². The minimum atomic E-state index is -4.60. The Hall–Kier alpha value is -3.36. The van der Waals surface area contributed by atoms with Crippen LogP contribution in [-0.2, 0) is 11.0 Å². The number of hydrogen-bond donors (Lipinski definition) is 2. The number of anilines is 2. The van der Waals surface area contributed by atoms with E-state index in [0.717, 1.165) is 6.07 Å². The Morgan fingerprint density at radius 2 is 2.08 bits per heavy atom. The van der Waals surface area contributed by atoms with Gasteiger partial charge < -0.3 is 11.1 Å². The maximum absolute atomic E-state index is 13.1. The van der Waals surface area contributed by atoms with Crippen LogP contribution in [0.25, 0.3) is 22.9 Å². The number of nitrogens with two attached hydrogens (primary N) is 1. The van der Waals surface area contributed by atoms with Gasteiger partial charge >= 0.3 is 6.18 Å². The van der Waals surface area contributed by atoms with Crippen molar-refractivity contribution in [2.24, 2.45) is 0 Å². The molecule has 26 heavy (non-hydrogen) atoms. The second-order valence-electron chi connectivity index (χ2n) is 5.53.